The quantitative estimate of drug-likeness (QED) is 0.877. The summed E-state index contributed by atoms with van der Waals surface area (Å²) in [6, 6.07) is 3.72. The molecule has 0 aliphatic heterocycles. The van der Waals surface area contributed by atoms with E-state index >= 15 is 0 Å². The Bertz CT molecular complexity index is 526. The number of hydrogen-bond acceptors (Lipinski definition) is 3. The van der Waals surface area contributed by atoms with Crippen LogP contribution in [0.15, 0.2) is 33.7 Å². The molecule has 0 aliphatic rings. The Hall–Kier alpha value is -1.34. The van der Waals surface area contributed by atoms with Crippen LogP contribution < -0.4 is 10.6 Å². The molecule has 19 heavy (non-hydrogen) atoms. The first kappa shape index (κ1) is 14.1. The molecule has 2 amide bonds. The number of amides is 2. The number of halogens is 1. The number of aromatic nitrogens is 2. The summed E-state index contributed by atoms with van der Waals surface area (Å²) in [6.07, 6.45) is 3.60. The van der Waals surface area contributed by atoms with Crippen molar-refractivity contribution >= 4 is 33.3 Å². The molecular weight excluding hydrogens is 328 g/mol. The summed E-state index contributed by atoms with van der Waals surface area (Å²) in [6.45, 7) is 3.13. The fourth-order valence-corrected chi connectivity index (χ4v) is 2.84. The van der Waals surface area contributed by atoms with Crippen LogP contribution in [0.4, 0.5) is 4.79 Å². The third-order valence-corrected chi connectivity index (χ3v) is 4.03. The van der Waals surface area contributed by atoms with E-state index in [0.29, 0.717) is 13.1 Å². The minimum absolute atomic E-state index is 0.0223. The van der Waals surface area contributed by atoms with E-state index in [1.807, 2.05) is 30.6 Å². The number of carbonyl (C=O) groups excluding carboxylic acids is 1. The van der Waals surface area contributed by atoms with Crippen LogP contribution in [0.25, 0.3) is 0 Å². The van der Waals surface area contributed by atoms with Crippen molar-refractivity contribution in [1.29, 1.82) is 0 Å². The van der Waals surface area contributed by atoms with Gasteiger partial charge >= 0.3 is 6.03 Å². The molecule has 2 aromatic rings. The molecule has 1 atom stereocenters. The second-order valence-corrected chi connectivity index (χ2v) is 6.51. The van der Waals surface area contributed by atoms with Crippen LogP contribution in [0.5, 0.6) is 0 Å². The molecule has 0 saturated carbocycles. The molecule has 2 aromatic heterocycles. The predicted octanol–water partition coefficient (Wildman–Crippen LogP) is 2.60. The zero-order valence-electron chi connectivity index (χ0n) is 10.5. The predicted molar refractivity (Wildman–Crippen MR) is 79.1 cm³/mol. The Morgan fingerprint density at radius 1 is 1.63 bits per heavy atom. The molecule has 0 fully saturated rings. The average molecular weight is 343 g/mol. The van der Waals surface area contributed by atoms with Gasteiger partial charge in [0.2, 0.25) is 0 Å². The van der Waals surface area contributed by atoms with E-state index < -0.39 is 0 Å². The number of hydrogen-bond donors (Lipinski definition) is 2. The van der Waals surface area contributed by atoms with Gasteiger partial charge in [-0.1, -0.05) is 0 Å². The first-order valence-corrected chi connectivity index (χ1v) is 7.55. The second-order valence-electron chi connectivity index (χ2n) is 4.22. The standard InChI is InChI=1S/C12H15BrN4OS/c1-9(7-17-4-2-3-15-17)16-12(18)14-6-10-5-11(13)19-8-10/h2-5,8-9H,6-7H2,1H3,(H2,14,16,18). The van der Waals surface area contributed by atoms with E-state index in [1.165, 1.54) is 0 Å². The summed E-state index contributed by atoms with van der Waals surface area (Å²) in [4.78, 5) is 11.7. The van der Waals surface area contributed by atoms with E-state index in [4.69, 9.17) is 0 Å². The van der Waals surface area contributed by atoms with Crippen molar-refractivity contribution in [3.8, 4) is 0 Å². The van der Waals surface area contributed by atoms with Crippen LogP contribution in [-0.2, 0) is 13.1 Å². The van der Waals surface area contributed by atoms with Crippen LogP contribution in [0.1, 0.15) is 12.5 Å². The summed E-state index contributed by atoms with van der Waals surface area (Å²) >= 11 is 5.00. The highest BCUT2D eigenvalue weighted by atomic mass is 79.9. The van der Waals surface area contributed by atoms with E-state index in [2.05, 4.69) is 31.7 Å². The minimum atomic E-state index is -0.165. The topological polar surface area (TPSA) is 59.0 Å². The summed E-state index contributed by atoms with van der Waals surface area (Å²) in [7, 11) is 0. The molecule has 2 N–H and O–H groups in total. The molecule has 0 bridgehead atoms. The highest BCUT2D eigenvalue weighted by Gasteiger charge is 2.08. The van der Waals surface area contributed by atoms with Crippen LogP contribution in [0.2, 0.25) is 0 Å². The van der Waals surface area contributed by atoms with Crippen molar-refractivity contribution in [2.75, 3.05) is 0 Å². The molecule has 102 valence electrons. The van der Waals surface area contributed by atoms with Gasteiger partial charge in [-0.3, -0.25) is 4.68 Å². The number of urea groups is 1. The van der Waals surface area contributed by atoms with Crippen molar-refractivity contribution in [1.82, 2.24) is 20.4 Å². The third kappa shape index (κ3) is 4.68. The first-order chi connectivity index (χ1) is 9.13. The lowest BCUT2D eigenvalue weighted by Crippen LogP contribution is -2.42. The molecule has 7 heteroatoms. The zero-order chi connectivity index (χ0) is 13.7. The van der Waals surface area contributed by atoms with Crippen LogP contribution in [0.3, 0.4) is 0 Å². The van der Waals surface area contributed by atoms with Gasteiger partial charge in [-0.25, -0.2) is 4.79 Å². The summed E-state index contributed by atoms with van der Waals surface area (Å²) < 4.78 is 2.86. The van der Waals surface area contributed by atoms with Crippen LogP contribution >= 0.6 is 27.3 Å². The number of nitrogens with one attached hydrogen (secondary N) is 2. The van der Waals surface area contributed by atoms with E-state index in [9.17, 15) is 4.79 Å². The molecule has 5 nitrogen and oxygen atoms in total. The van der Waals surface area contributed by atoms with Crippen molar-refractivity contribution in [3.05, 3.63) is 39.3 Å². The molecule has 2 heterocycles. The fraction of sp³-hybridized carbons (Fsp3) is 0.333. The number of carbonyl (C=O) groups is 1. The highest BCUT2D eigenvalue weighted by molar-refractivity contribution is 9.11. The Labute approximate surface area is 124 Å². The van der Waals surface area contributed by atoms with Gasteiger partial charge in [-0.15, -0.1) is 11.3 Å². The molecule has 2 rings (SSSR count). The van der Waals surface area contributed by atoms with E-state index in [-0.39, 0.29) is 12.1 Å². The van der Waals surface area contributed by atoms with E-state index in [0.717, 1.165) is 9.35 Å². The molecule has 0 aliphatic carbocycles. The van der Waals surface area contributed by atoms with Gasteiger partial charge in [0, 0.05) is 25.0 Å². The van der Waals surface area contributed by atoms with Crippen LogP contribution in [0, 0.1) is 0 Å². The molecular formula is C12H15BrN4OS. The lowest BCUT2D eigenvalue weighted by Gasteiger charge is -2.14. The van der Waals surface area contributed by atoms with Crippen LogP contribution in [-0.4, -0.2) is 21.9 Å². The Balaban J connectivity index is 1.71. The minimum Gasteiger partial charge on any atom is -0.334 e. The van der Waals surface area contributed by atoms with Gasteiger partial charge < -0.3 is 10.6 Å². The van der Waals surface area contributed by atoms with Gasteiger partial charge in [0.15, 0.2) is 0 Å². The Kier molecular flexibility index (Phi) is 4.98. The molecule has 0 saturated heterocycles. The normalized spacial score (nSPS) is 12.1. The van der Waals surface area contributed by atoms with Gasteiger partial charge in [-0.05, 0) is 45.9 Å². The van der Waals surface area contributed by atoms with Crippen molar-refractivity contribution in [2.45, 2.75) is 26.1 Å². The largest absolute Gasteiger partial charge is 0.334 e. The molecule has 1 unspecified atom stereocenters. The van der Waals surface area contributed by atoms with Gasteiger partial charge in [-0.2, -0.15) is 5.10 Å². The maximum absolute atomic E-state index is 11.7. The smallest absolute Gasteiger partial charge is 0.315 e. The summed E-state index contributed by atoms with van der Waals surface area (Å²) in [5.74, 6) is 0. The fourth-order valence-electron chi connectivity index (χ4n) is 1.63. The number of nitrogens with zero attached hydrogens (tertiary/aromatic N) is 2. The maximum atomic E-state index is 11.7. The van der Waals surface area contributed by atoms with Gasteiger partial charge in [0.25, 0.3) is 0 Å². The third-order valence-electron chi connectivity index (χ3n) is 2.47. The lowest BCUT2D eigenvalue weighted by atomic mass is 10.3. The van der Waals surface area contributed by atoms with Crippen molar-refractivity contribution in [2.24, 2.45) is 0 Å². The second kappa shape index (κ2) is 6.72. The summed E-state index contributed by atoms with van der Waals surface area (Å²) in [5, 5.41) is 11.8. The monoisotopic (exact) mass is 342 g/mol. The van der Waals surface area contributed by atoms with Gasteiger partial charge in [0.1, 0.15) is 0 Å². The summed E-state index contributed by atoms with van der Waals surface area (Å²) in [5.41, 5.74) is 1.09. The molecule has 0 aromatic carbocycles. The SMILES string of the molecule is CC(Cn1cccn1)NC(=O)NCc1csc(Br)c1. The number of rotatable bonds is 5. The maximum Gasteiger partial charge on any atom is 0.315 e. The van der Waals surface area contributed by atoms with Crippen molar-refractivity contribution < 1.29 is 4.79 Å². The lowest BCUT2D eigenvalue weighted by molar-refractivity contribution is 0.236. The average Bonchev–Trinajstić information content (AvgIpc) is 2.98. The van der Waals surface area contributed by atoms with E-state index in [1.54, 1.807) is 22.2 Å². The highest BCUT2D eigenvalue weighted by Crippen LogP contribution is 2.20. The van der Waals surface area contributed by atoms with Gasteiger partial charge in [0.05, 0.1) is 10.3 Å². The zero-order valence-corrected chi connectivity index (χ0v) is 12.9. The first-order valence-electron chi connectivity index (χ1n) is 5.88. The Morgan fingerprint density at radius 2 is 2.47 bits per heavy atom. The number of thiophene rings is 1. The van der Waals surface area contributed by atoms with Crippen molar-refractivity contribution in [3.63, 3.8) is 0 Å². The Morgan fingerprint density at radius 3 is 3.11 bits per heavy atom. The molecule has 0 spiro atoms. The molecule has 0 radical (unpaired) electrons.